The van der Waals surface area contributed by atoms with E-state index in [0.717, 1.165) is 17.7 Å². The van der Waals surface area contributed by atoms with Gasteiger partial charge in [0.25, 0.3) is 5.56 Å². The first-order valence-electron chi connectivity index (χ1n) is 4.10. The van der Waals surface area contributed by atoms with Crippen molar-refractivity contribution in [3.63, 3.8) is 0 Å². The minimum Gasteiger partial charge on any atom is -0.326 e. The Balaban J connectivity index is 3.27. The summed E-state index contributed by atoms with van der Waals surface area (Å²) in [7, 11) is 0. The van der Waals surface area contributed by atoms with E-state index in [0.29, 0.717) is 12.1 Å². The minimum absolute atomic E-state index is 0.0628. The van der Waals surface area contributed by atoms with Crippen LogP contribution in [0.25, 0.3) is 0 Å². The maximum Gasteiger partial charge on any atom is 0.252 e. The molecule has 3 N–H and O–H groups in total. The van der Waals surface area contributed by atoms with E-state index in [9.17, 15) is 4.79 Å². The number of aromatic nitrogens is 1. The second kappa shape index (κ2) is 3.54. The highest BCUT2D eigenvalue weighted by Crippen LogP contribution is 2.04. The van der Waals surface area contributed by atoms with Crippen LogP contribution in [0.5, 0.6) is 0 Å². The summed E-state index contributed by atoms with van der Waals surface area (Å²) in [5.41, 5.74) is 8.11. The van der Waals surface area contributed by atoms with Gasteiger partial charge in [0.05, 0.1) is 0 Å². The summed E-state index contributed by atoms with van der Waals surface area (Å²) >= 11 is 0. The second-order valence-corrected chi connectivity index (χ2v) is 2.83. The molecule has 0 aliphatic rings. The molecule has 1 aromatic heterocycles. The Morgan fingerprint density at radius 3 is 2.67 bits per heavy atom. The number of nitrogens with two attached hydrogens (primary N) is 1. The van der Waals surface area contributed by atoms with Crippen molar-refractivity contribution < 1.29 is 0 Å². The van der Waals surface area contributed by atoms with Crippen LogP contribution < -0.4 is 11.3 Å². The quantitative estimate of drug-likeness (QED) is 0.679. The molecule has 3 heteroatoms. The van der Waals surface area contributed by atoms with Crippen molar-refractivity contribution in [3.8, 4) is 0 Å². The van der Waals surface area contributed by atoms with E-state index in [2.05, 4.69) is 11.9 Å². The van der Waals surface area contributed by atoms with Crippen LogP contribution in [0.2, 0.25) is 0 Å². The molecule has 0 bridgehead atoms. The molecular formula is C9H14N2O. The van der Waals surface area contributed by atoms with Crippen molar-refractivity contribution >= 4 is 0 Å². The topological polar surface area (TPSA) is 58.9 Å². The SMILES string of the molecule is CCc1cc(CN)c(=O)[nH]c1C. The predicted octanol–water partition coefficient (Wildman–Crippen LogP) is 0.704. The van der Waals surface area contributed by atoms with Crippen molar-refractivity contribution in [2.75, 3.05) is 0 Å². The summed E-state index contributed by atoms with van der Waals surface area (Å²) < 4.78 is 0. The normalized spacial score (nSPS) is 10.2. The maximum atomic E-state index is 11.2. The van der Waals surface area contributed by atoms with Gasteiger partial charge in [0, 0.05) is 17.8 Å². The van der Waals surface area contributed by atoms with E-state index in [1.807, 2.05) is 13.0 Å². The molecule has 0 aromatic carbocycles. The van der Waals surface area contributed by atoms with Gasteiger partial charge in [-0.1, -0.05) is 6.92 Å². The summed E-state index contributed by atoms with van der Waals surface area (Å²) in [6, 6.07) is 1.88. The van der Waals surface area contributed by atoms with Crippen LogP contribution in [0.15, 0.2) is 10.9 Å². The number of rotatable bonds is 2. The molecule has 1 heterocycles. The van der Waals surface area contributed by atoms with Crippen molar-refractivity contribution in [1.29, 1.82) is 0 Å². The third kappa shape index (κ3) is 1.56. The largest absolute Gasteiger partial charge is 0.326 e. The molecule has 0 unspecified atom stereocenters. The van der Waals surface area contributed by atoms with Gasteiger partial charge in [-0.25, -0.2) is 0 Å². The maximum absolute atomic E-state index is 11.2. The fourth-order valence-electron chi connectivity index (χ4n) is 1.23. The van der Waals surface area contributed by atoms with E-state index in [1.54, 1.807) is 0 Å². The minimum atomic E-state index is -0.0628. The number of hydrogen-bond acceptors (Lipinski definition) is 2. The molecule has 0 aliphatic carbocycles. The Kier molecular flexibility index (Phi) is 2.65. The highest BCUT2D eigenvalue weighted by molar-refractivity contribution is 5.24. The molecule has 12 heavy (non-hydrogen) atoms. The van der Waals surface area contributed by atoms with Crippen molar-refractivity contribution in [1.82, 2.24) is 4.98 Å². The monoisotopic (exact) mass is 166 g/mol. The van der Waals surface area contributed by atoms with Gasteiger partial charge in [-0.05, 0) is 25.0 Å². The molecule has 0 spiro atoms. The molecule has 1 aromatic rings. The van der Waals surface area contributed by atoms with Crippen LogP contribution in [0.4, 0.5) is 0 Å². The average molecular weight is 166 g/mol. The van der Waals surface area contributed by atoms with Gasteiger partial charge >= 0.3 is 0 Å². The van der Waals surface area contributed by atoms with Gasteiger partial charge in [-0.2, -0.15) is 0 Å². The van der Waals surface area contributed by atoms with E-state index in [4.69, 9.17) is 5.73 Å². The molecule has 3 nitrogen and oxygen atoms in total. The van der Waals surface area contributed by atoms with Gasteiger partial charge in [0.1, 0.15) is 0 Å². The fourth-order valence-corrected chi connectivity index (χ4v) is 1.23. The lowest BCUT2D eigenvalue weighted by Gasteiger charge is -2.04. The second-order valence-electron chi connectivity index (χ2n) is 2.83. The van der Waals surface area contributed by atoms with Gasteiger partial charge in [-0.3, -0.25) is 4.79 Å². The lowest BCUT2D eigenvalue weighted by Crippen LogP contribution is -2.17. The van der Waals surface area contributed by atoms with Crippen LogP contribution in [0, 0.1) is 6.92 Å². The Hall–Kier alpha value is -1.09. The molecule has 66 valence electrons. The van der Waals surface area contributed by atoms with Gasteiger partial charge in [0.2, 0.25) is 0 Å². The lowest BCUT2D eigenvalue weighted by atomic mass is 10.1. The first-order valence-corrected chi connectivity index (χ1v) is 4.10. The standard InChI is InChI=1S/C9H14N2O/c1-3-7-4-8(5-10)9(12)11-6(7)2/h4H,3,5,10H2,1-2H3,(H,11,12). The zero-order chi connectivity index (χ0) is 9.14. The lowest BCUT2D eigenvalue weighted by molar-refractivity contribution is 0.955. The first-order chi connectivity index (χ1) is 5.69. The summed E-state index contributed by atoms with van der Waals surface area (Å²) in [6.07, 6.45) is 0.926. The summed E-state index contributed by atoms with van der Waals surface area (Å²) in [5, 5.41) is 0. The zero-order valence-electron chi connectivity index (χ0n) is 7.48. The number of aryl methyl sites for hydroxylation is 2. The Morgan fingerprint density at radius 1 is 1.50 bits per heavy atom. The molecular weight excluding hydrogens is 152 g/mol. The third-order valence-electron chi connectivity index (χ3n) is 2.02. The van der Waals surface area contributed by atoms with Crippen molar-refractivity contribution in [3.05, 3.63) is 33.2 Å². The number of pyridine rings is 1. The molecule has 1 rings (SSSR count). The zero-order valence-corrected chi connectivity index (χ0v) is 7.48. The van der Waals surface area contributed by atoms with E-state index in [1.165, 1.54) is 0 Å². The Labute approximate surface area is 71.6 Å². The molecule has 0 aliphatic heterocycles. The molecule has 0 amide bonds. The molecule has 0 saturated heterocycles. The van der Waals surface area contributed by atoms with E-state index < -0.39 is 0 Å². The van der Waals surface area contributed by atoms with Crippen molar-refractivity contribution in [2.45, 2.75) is 26.8 Å². The van der Waals surface area contributed by atoms with Gasteiger partial charge in [0.15, 0.2) is 0 Å². The number of hydrogen-bond donors (Lipinski definition) is 2. The molecule has 0 atom stereocenters. The van der Waals surface area contributed by atoms with Gasteiger partial charge in [-0.15, -0.1) is 0 Å². The number of nitrogens with one attached hydrogen (secondary N) is 1. The molecule has 0 radical (unpaired) electrons. The van der Waals surface area contributed by atoms with Crippen LogP contribution in [0.1, 0.15) is 23.7 Å². The van der Waals surface area contributed by atoms with E-state index in [-0.39, 0.29) is 5.56 Å². The highest BCUT2D eigenvalue weighted by Gasteiger charge is 2.01. The van der Waals surface area contributed by atoms with Crippen LogP contribution in [-0.4, -0.2) is 4.98 Å². The smallest absolute Gasteiger partial charge is 0.252 e. The van der Waals surface area contributed by atoms with Crippen LogP contribution in [0.3, 0.4) is 0 Å². The summed E-state index contributed by atoms with van der Waals surface area (Å²) in [6.45, 7) is 4.27. The van der Waals surface area contributed by atoms with Gasteiger partial charge < -0.3 is 10.7 Å². The Morgan fingerprint density at radius 2 is 2.17 bits per heavy atom. The average Bonchev–Trinajstić information content (AvgIpc) is 2.05. The third-order valence-corrected chi connectivity index (χ3v) is 2.02. The fraction of sp³-hybridized carbons (Fsp3) is 0.444. The number of H-pyrrole nitrogens is 1. The van der Waals surface area contributed by atoms with E-state index >= 15 is 0 Å². The summed E-state index contributed by atoms with van der Waals surface area (Å²) in [4.78, 5) is 14.0. The highest BCUT2D eigenvalue weighted by atomic mass is 16.1. The van der Waals surface area contributed by atoms with Crippen molar-refractivity contribution in [2.24, 2.45) is 5.73 Å². The van der Waals surface area contributed by atoms with Crippen LogP contribution >= 0.6 is 0 Å². The summed E-state index contributed by atoms with van der Waals surface area (Å²) in [5.74, 6) is 0. The predicted molar refractivity (Wildman–Crippen MR) is 49.1 cm³/mol. The Bertz CT molecular complexity index is 328. The van der Waals surface area contributed by atoms with Crippen LogP contribution in [-0.2, 0) is 13.0 Å². The number of aromatic amines is 1. The molecule has 0 fully saturated rings. The molecule has 0 saturated carbocycles. The first kappa shape index (κ1) is 9.00.